The molecule has 0 saturated carbocycles. The molecule has 0 bridgehead atoms. The summed E-state index contributed by atoms with van der Waals surface area (Å²) in [6.07, 6.45) is 1.66. The number of hydrogen-bond acceptors (Lipinski definition) is 4. The first kappa shape index (κ1) is 15.6. The highest BCUT2D eigenvalue weighted by molar-refractivity contribution is 6.30. The zero-order valence-corrected chi connectivity index (χ0v) is 13.2. The average molecular weight is 306 g/mol. The van der Waals surface area contributed by atoms with Crippen LogP contribution in [0.1, 0.15) is 24.7 Å². The largest absolute Gasteiger partial charge is 0.494 e. The predicted molar refractivity (Wildman–Crippen MR) is 86.2 cm³/mol. The van der Waals surface area contributed by atoms with Crippen molar-refractivity contribution in [2.45, 2.75) is 26.7 Å². The number of hydrogen-bond donors (Lipinski definition) is 1. The number of para-hydroxylation sites is 1. The summed E-state index contributed by atoms with van der Waals surface area (Å²) in [4.78, 5) is 8.69. The number of ether oxygens (including phenoxy) is 1. The van der Waals surface area contributed by atoms with Crippen LogP contribution in [-0.4, -0.2) is 23.1 Å². The summed E-state index contributed by atoms with van der Waals surface area (Å²) in [5, 5.41) is 3.82. The molecule has 4 nitrogen and oxygen atoms in total. The molecule has 0 amide bonds. The van der Waals surface area contributed by atoms with Gasteiger partial charge in [0.15, 0.2) is 0 Å². The summed E-state index contributed by atoms with van der Waals surface area (Å²) < 4.78 is 5.64. The van der Waals surface area contributed by atoms with Crippen molar-refractivity contribution >= 4 is 17.4 Å². The molecule has 0 aliphatic carbocycles. The smallest absolute Gasteiger partial charge is 0.137 e. The summed E-state index contributed by atoms with van der Waals surface area (Å²) in [6, 6.07) is 9.81. The number of anilines is 1. The van der Waals surface area contributed by atoms with E-state index >= 15 is 0 Å². The Labute approximate surface area is 130 Å². The normalized spacial score (nSPS) is 10.4. The summed E-state index contributed by atoms with van der Waals surface area (Å²) in [5.41, 5.74) is 0.887. The molecule has 1 heterocycles. The maximum absolute atomic E-state index is 6.10. The van der Waals surface area contributed by atoms with Crippen LogP contribution in [0.15, 0.2) is 30.3 Å². The van der Waals surface area contributed by atoms with Gasteiger partial charge in [-0.25, -0.2) is 9.97 Å². The van der Waals surface area contributed by atoms with Crippen molar-refractivity contribution in [3.05, 3.63) is 46.9 Å². The third-order valence-corrected chi connectivity index (χ3v) is 3.44. The summed E-state index contributed by atoms with van der Waals surface area (Å²) >= 11 is 6.10. The first-order valence-electron chi connectivity index (χ1n) is 7.15. The number of rotatable bonds is 7. The second-order valence-corrected chi connectivity index (χ2v) is 5.06. The van der Waals surface area contributed by atoms with E-state index in [-0.39, 0.29) is 0 Å². The second kappa shape index (κ2) is 7.84. The molecular formula is C16H20ClN3O. The molecule has 0 fully saturated rings. The van der Waals surface area contributed by atoms with Crippen LogP contribution in [0.4, 0.5) is 5.82 Å². The Hall–Kier alpha value is -1.81. The van der Waals surface area contributed by atoms with Crippen LogP contribution < -0.4 is 10.1 Å². The van der Waals surface area contributed by atoms with Crippen LogP contribution in [0.2, 0.25) is 5.15 Å². The van der Waals surface area contributed by atoms with Crippen molar-refractivity contribution in [3.63, 3.8) is 0 Å². The molecule has 0 saturated heterocycles. The number of aromatic nitrogens is 2. The first-order valence-corrected chi connectivity index (χ1v) is 7.53. The first-order chi connectivity index (χ1) is 10.2. The Balaban J connectivity index is 1.80. The minimum atomic E-state index is 0.518. The lowest BCUT2D eigenvalue weighted by molar-refractivity contribution is 0.315. The van der Waals surface area contributed by atoms with Gasteiger partial charge in [0.25, 0.3) is 0 Å². The van der Waals surface area contributed by atoms with E-state index in [4.69, 9.17) is 16.3 Å². The Morgan fingerprint density at radius 1 is 1.19 bits per heavy atom. The van der Waals surface area contributed by atoms with Gasteiger partial charge in [-0.3, -0.25) is 0 Å². The molecule has 1 aromatic heterocycles. The lowest BCUT2D eigenvalue weighted by Crippen LogP contribution is -2.11. The van der Waals surface area contributed by atoms with Crippen LogP contribution in [0, 0.1) is 6.92 Å². The number of nitrogens with one attached hydrogen (secondary N) is 1. The quantitative estimate of drug-likeness (QED) is 0.623. The fourth-order valence-electron chi connectivity index (χ4n) is 1.85. The van der Waals surface area contributed by atoms with Gasteiger partial charge in [0.05, 0.1) is 6.61 Å². The SMILES string of the molecule is CCc1nc(Cl)c(C)c(NCCCOc2ccccc2)n1. The highest BCUT2D eigenvalue weighted by atomic mass is 35.5. The van der Waals surface area contributed by atoms with E-state index < -0.39 is 0 Å². The number of nitrogens with zero attached hydrogens (tertiary/aromatic N) is 2. The van der Waals surface area contributed by atoms with Crippen molar-refractivity contribution in [1.29, 1.82) is 0 Å². The molecule has 0 atom stereocenters. The van der Waals surface area contributed by atoms with Crippen molar-refractivity contribution in [2.24, 2.45) is 0 Å². The van der Waals surface area contributed by atoms with E-state index in [2.05, 4.69) is 15.3 Å². The standard InChI is InChI=1S/C16H20ClN3O/c1-3-14-19-15(17)12(2)16(20-14)18-10-7-11-21-13-8-5-4-6-9-13/h4-6,8-9H,3,7,10-11H2,1-2H3,(H,18,19,20). The highest BCUT2D eigenvalue weighted by Gasteiger charge is 2.07. The molecule has 0 radical (unpaired) electrons. The number of aryl methyl sites for hydroxylation is 1. The number of halogens is 1. The molecule has 2 rings (SSSR count). The Morgan fingerprint density at radius 3 is 2.67 bits per heavy atom. The van der Waals surface area contributed by atoms with Crippen molar-refractivity contribution < 1.29 is 4.74 Å². The molecule has 0 aliphatic rings. The third kappa shape index (κ3) is 4.60. The van der Waals surface area contributed by atoms with Crippen molar-refractivity contribution in [3.8, 4) is 5.75 Å². The van der Waals surface area contributed by atoms with Crippen molar-refractivity contribution in [1.82, 2.24) is 9.97 Å². The van der Waals surface area contributed by atoms with Crippen LogP contribution >= 0.6 is 11.6 Å². The van der Waals surface area contributed by atoms with E-state index in [9.17, 15) is 0 Å². The highest BCUT2D eigenvalue weighted by Crippen LogP contribution is 2.20. The summed E-state index contributed by atoms with van der Waals surface area (Å²) in [5.74, 6) is 2.47. The Bertz CT molecular complexity index is 575. The van der Waals surface area contributed by atoms with Gasteiger partial charge in [-0.1, -0.05) is 36.7 Å². The summed E-state index contributed by atoms with van der Waals surface area (Å²) in [7, 11) is 0. The Kier molecular flexibility index (Phi) is 5.81. The van der Waals surface area contributed by atoms with Gasteiger partial charge in [-0.05, 0) is 25.5 Å². The van der Waals surface area contributed by atoms with Gasteiger partial charge < -0.3 is 10.1 Å². The fourth-order valence-corrected chi connectivity index (χ4v) is 2.04. The van der Waals surface area contributed by atoms with Gasteiger partial charge in [0.1, 0.15) is 22.5 Å². The van der Waals surface area contributed by atoms with E-state index in [0.29, 0.717) is 11.8 Å². The maximum Gasteiger partial charge on any atom is 0.137 e. The van der Waals surface area contributed by atoms with Crippen LogP contribution in [-0.2, 0) is 6.42 Å². The molecule has 0 spiro atoms. The van der Waals surface area contributed by atoms with E-state index in [1.54, 1.807) is 0 Å². The van der Waals surface area contributed by atoms with Gasteiger partial charge in [0, 0.05) is 18.5 Å². The van der Waals surface area contributed by atoms with Crippen LogP contribution in [0.5, 0.6) is 5.75 Å². The maximum atomic E-state index is 6.10. The molecular weight excluding hydrogens is 286 g/mol. The second-order valence-electron chi connectivity index (χ2n) is 4.70. The number of benzene rings is 1. The minimum absolute atomic E-state index is 0.518. The predicted octanol–water partition coefficient (Wildman–Crippen LogP) is 3.88. The lowest BCUT2D eigenvalue weighted by atomic mass is 10.3. The zero-order chi connectivity index (χ0) is 15.1. The molecule has 21 heavy (non-hydrogen) atoms. The zero-order valence-electron chi connectivity index (χ0n) is 12.4. The average Bonchev–Trinajstić information content (AvgIpc) is 2.51. The topological polar surface area (TPSA) is 47.0 Å². The van der Waals surface area contributed by atoms with Gasteiger partial charge in [-0.15, -0.1) is 0 Å². The molecule has 5 heteroatoms. The Morgan fingerprint density at radius 2 is 1.95 bits per heavy atom. The van der Waals surface area contributed by atoms with Gasteiger partial charge in [0.2, 0.25) is 0 Å². The molecule has 0 unspecified atom stereocenters. The molecule has 1 N–H and O–H groups in total. The van der Waals surface area contributed by atoms with Crippen LogP contribution in [0.25, 0.3) is 0 Å². The van der Waals surface area contributed by atoms with Gasteiger partial charge in [-0.2, -0.15) is 0 Å². The minimum Gasteiger partial charge on any atom is -0.494 e. The van der Waals surface area contributed by atoms with Crippen molar-refractivity contribution in [2.75, 3.05) is 18.5 Å². The summed E-state index contributed by atoms with van der Waals surface area (Å²) in [6.45, 7) is 5.38. The molecule has 1 aromatic carbocycles. The monoisotopic (exact) mass is 305 g/mol. The molecule has 112 valence electrons. The molecule has 2 aromatic rings. The van der Waals surface area contributed by atoms with E-state index in [1.807, 2.05) is 44.2 Å². The van der Waals surface area contributed by atoms with E-state index in [0.717, 1.165) is 42.3 Å². The molecule has 0 aliphatic heterocycles. The lowest BCUT2D eigenvalue weighted by Gasteiger charge is -2.11. The van der Waals surface area contributed by atoms with E-state index in [1.165, 1.54) is 0 Å². The fraction of sp³-hybridized carbons (Fsp3) is 0.375. The van der Waals surface area contributed by atoms with Crippen LogP contribution in [0.3, 0.4) is 0 Å². The van der Waals surface area contributed by atoms with Gasteiger partial charge >= 0.3 is 0 Å². The third-order valence-electron chi connectivity index (χ3n) is 3.07.